The van der Waals surface area contributed by atoms with Gasteiger partial charge in [0.25, 0.3) is 0 Å². The lowest BCUT2D eigenvalue weighted by molar-refractivity contribution is -0.141. The Kier molecular flexibility index (Phi) is 3.66. The summed E-state index contributed by atoms with van der Waals surface area (Å²) in [5.41, 5.74) is 5.18. The van der Waals surface area contributed by atoms with E-state index < -0.39 is 11.9 Å². The Balaban J connectivity index is 2.20. The molecule has 1 aromatic carbocycles. The van der Waals surface area contributed by atoms with Gasteiger partial charge in [-0.1, -0.05) is 18.2 Å². The van der Waals surface area contributed by atoms with Crippen LogP contribution in [-0.2, 0) is 12.7 Å². The minimum absolute atomic E-state index is 0.0195. The summed E-state index contributed by atoms with van der Waals surface area (Å²) >= 11 is 0. The van der Waals surface area contributed by atoms with Gasteiger partial charge in [0.2, 0.25) is 5.88 Å². The van der Waals surface area contributed by atoms with Crippen molar-refractivity contribution in [2.24, 2.45) is 5.73 Å². The van der Waals surface area contributed by atoms with E-state index in [2.05, 4.69) is 10.2 Å². The molecule has 0 atom stereocenters. The summed E-state index contributed by atoms with van der Waals surface area (Å²) in [6.07, 6.45) is -4.51. The fraction of sp³-hybridized carbons (Fsp3) is 0.167. The lowest BCUT2D eigenvalue weighted by Crippen LogP contribution is -2.09. The van der Waals surface area contributed by atoms with Crippen molar-refractivity contribution in [3.63, 3.8) is 0 Å². The van der Waals surface area contributed by atoms with Gasteiger partial charge in [-0.2, -0.15) is 13.2 Å². The maximum absolute atomic E-state index is 12.3. The van der Waals surface area contributed by atoms with Crippen molar-refractivity contribution in [1.82, 2.24) is 10.2 Å². The molecule has 4 nitrogen and oxygen atoms in total. The highest BCUT2D eigenvalue weighted by Gasteiger charge is 2.32. The zero-order valence-electron chi connectivity index (χ0n) is 9.69. The van der Waals surface area contributed by atoms with E-state index in [4.69, 9.17) is 10.5 Å². The Morgan fingerprint density at radius 1 is 1.05 bits per heavy atom. The van der Waals surface area contributed by atoms with Crippen molar-refractivity contribution in [1.29, 1.82) is 0 Å². The van der Waals surface area contributed by atoms with E-state index in [9.17, 15) is 13.2 Å². The van der Waals surface area contributed by atoms with Crippen molar-refractivity contribution in [2.45, 2.75) is 12.7 Å². The predicted molar refractivity (Wildman–Crippen MR) is 61.4 cm³/mol. The molecule has 0 radical (unpaired) electrons. The molecule has 0 spiro atoms. The topological polar surface area (TPSA) is 61.0 Å². The van der Waals surface area contributed by atoms with Crippen LogP contribution in [0.2, 0.25) is 0 Å². The van der Waals surface area contributed by atoms with Gasteiger partial charge in [0.15, 0.2) is 5.69 Å². The normalized spacial score (nSPS) is 11.4. The SMILES string of the molecule is NCc1ccccc1Oc1ccc(C(F)(F)F)nn1. The molecule has 19 heavy (non-hydrogen) atoms. The molecule has 0 aliphatic heterocycles. The zero-order valence-corrected chi connectivity index (χ0v) is 9.69. The number of nitrogens with zero attached hydrogens (tertiary/aromatic N) is 2. The molecular formula is C12H10F3N3O. The van der Waals surface area contributed by atoms with Crippen LogP contribution in [0.25, 0.3) is 0 Å². The number of alkyl halides is 3. The number of hydrogen-bond donors (Lipinski definition) is 1. The number of nitrogens with two attached hydrogens (primary N) is 1. The van der Waals surface area contributed by atoms with Crippen LogP contribution in [0.4, 0.5) is 13.2 Å². The van der Waals surface area contributed by atoms with Gasteiger partial charge in [0.1, 0.15) is 5.75 Å². The minimum Gasteiger partial charge on any atom is -0.437 e. The van der Waals surface area contributed by atoms with Crippen LogP contribution in [0, 0.1) is 0 Å². The molecule has 0 fully saturated rings. The molecule has 2 aromatic rings. The fourth-order valence-electron chi connectivity index (χ4n) is 1.41. The van der Waals surface area contributed by atoms with E-state index in [1.54, 1.807) is 24.3 Å². The highest BCUT2D eigenvalue weighted by atomic mass is 19.4. The Bertz CT molecular complexity index is 555. The van der Waals surface area contributed by atoms with Crippen LogP contribution in [0.3, 0.4) is 0 Å². The number of aromatic nitrogens is 2. The van der Waals surface area contributed by atoms with Crippen molar-refractivity contribution in [2.75, 3.05) is 0 Å². The van der Waals surface area contributed by atoms with Crippen molar-refractivity contribution in [3.8, 4) is 11.6 Å². The summed E-state index contributed by atoms with van der Waals surface area (Å²) in [7, 11) is 0. The smallest absolute Gasteiger partial charge is 0.435 e. The summed E-state index contributed by atoms with van der Waals surface area (Å²) in [5, 5.41) is 6.45. The summed E-state index contributed by atoms with van der Waals surface area (Å²) in [6, 6.07) is 8.85. The molecule has 0 unspecified atom stereocenters. The van der Waals surface area contributed by atoms with Gasteiger partial charge in [-0.25, -0.2) is 0 Å². The molecule has 2 N–H and O–H groups in total. The first-order valence-corrected chi connectivity index (χ1v) is 5.37. The van der Waals surface area contributed by atoms with Gasteiger partial charge < -0.3 is 10.5 Å². The number of halogens is 3. The number of ether oxygens (including phenoxy) is 1. The third kappa shape index (κ3) is 3.19. The average molecular weight is 269 g/mol. The average Bonchev–Trinajstić information content (AvgIpc) is 2.39. The molecule has 0 aliphatic carbocycles. The fourth-order valence-corrected chi connectivity index (χ4v) is 1.41. The van der Waals surface area contributed by atoms with Gasteiger partial charge in [0, 0.05) is 18.2 Å². The molecule has 7 heteroatoms. The molecule has 2 rings (SSSR count). The molecule has 0 saturated heterocycles. The van der Waals surface area contributed by atoms with Crippen molar-refractivity contribution < 1.29 is 17.9 Å². The summed E-state index contributed by atoms with van der Waals surface area (Å²) in [6.45, 7) is 0.254. The van der Waals surface area contributed by atoms with Gasteiger partial charge in [-0.3, -0.25) is 0 Å². The Labute approximate surface area is 107 Å². The standard InChI is InChI=1S/C12H10F3N3O/c13-12(14,15)10-5-6-11(18-17-10)19-9-4-2-1-3-8(9)7-16/h1-6H,7,16H2. The Hall–Kier alpha value is -2.15. The molecule has 0 saturated carbocycles. The number of rotatable bonds is 3. The first kappa shape index (κ1) is 13.3. The highest BCUT2D eigenvalue weighted by Crippen LogP contribution is 2.28. The number of para-hydroxylation sites is 1. The Morgan fingerprint density at radius 2 is 1.79 bits per heavy atom. The molecule has 0 amide bonds. The lowest BCUT2D eigenvalue weighted by atomic mass is 10.2. The molecule has 0 bridgehead atoms. The number of benzene rings is 1. The van der Waals surface area contributed by atoms with Gasteiger partial charge >= 0.3 is 6.18 Å². The lowest BCUT2D eigenvalue weighted by Gasteiger charge is -2.09. The molecule has 100 valence electrons. The monoisotopic (exact) mass is 269 g/mol. The van der Waals surface area contributed by atoms with Gasteiger partial charge in [0.05, 0.1) is 0 Å². The maximum atomic E-state index is 12.3. The predicted octanol–water partition coefficient (Wildman–Crippen LogP) is 2.75. The number of hydrogen-bond acceptors (Lipinski definition) is 4. The van der Waals surface area contributed by atoms with Crippen molar-refractivity contribution >= 4 is 0 Å². The van der Waals surface area contributed by atoms with Crippen LogP contribution in [-0.4, -0.2) is 10.2 Å². The second kappa shape index (κ2) is 5.23. The first-order valence-electron chi connectivity index (χ1n) is 5.37. The minimum atomic E-state index is -4.51. The Morgan fingerprint density at radius 3 is 2.37 bits per heavy atom. The summed E-state index contributed by atoms with van der Waals surface area (Å²) < 4.78 is 42.3. The van der Waals surface area contributed by atoms with Crippen LogP contribution in [0.1, 0.15) is 11.3 Å². The summed E-state index contributed by atoms with van der Waals surface area (Å²) in [4.78, 5) is 0. The second-order valence-corrected chi connectivity index (χ2v) is 3.67. The molecular weight excluding hydrogens is 259 g/mol. The molecule has 0 aliphatic rings. The summed E-state index contributed by atoms with van der Waals surface area (Å²) in [5.74, 6) is 0.424. The quantitative estimate of drug-likeness (QED) is 0.930. The van der Waals surface area contributed by atoms with E-state index in [1.165, 1.54) is 0 Å². The van der Waals surface area contributed by atoms with E-state index in [0.29, 0.717) is 5.75 Å². The highest BCUT2D eigenvalue weighted by molar-refractivity contribution is 5.35. The van der Waals surface area contributed by atoms with Crippen LogP contribution < -0.4 is 10.5 Å². The van der Waals surface area contributed by atoms with E-state index >= 15 is 0 Å². The third-order valence-electron chi connectivity index (χ3n) is 2.34. The van der Waals surface area contributed by atoms with E-state index in [0.717, 1.165) is 17.7 Å². The van der Waals surface area contributed by atoms with Crippen LogP contribution >= 0.6 is 0 Å². The maximum Gasteiger partial charge on any atom is 0.435 e. The zero-order chi connectivity index (χ0) is 13.9. The van der Waals surface area contributed by atoms with E-state index in [1.807, 2.05) is 0 Å². The van der Waals surface area contributed by atoms with E-state index in [-0.39, 0.29) is 12.4 Å². The van der Waals surface area contributed by atoms with Crippen LogP contribution in [0.5, 0.6) is 11.6 Å². The second-order valence-electron chi connectivity index (χ2n) is 3.67. The van der Waals surface area contributed by atoms with Crippen molar-refractivity contribution in [3.05, 3.63) is 47.7 Å². The molecule has 1 aromatic heterocycles. The molecule has 1 heterocycles. The third-order valence-corrected chi connectivity index (χ3v) is 2.34. The van der Waals surface area contributed by atoms with Gasteiger partial charge in [-0.15, -0.1) is 10.2 Å². The van der Waals surface area contributed by atoms with Gasteiger partial charge in [-0.05, 0) is 12.1 Å². The first-order chi connectivity index (χ1) is 9.00. The largest absolute Gasteiger partial charge is 0.437 e. The van der Waals surface area contributed by atoms with Crippen LogP contribution in [0.15, 0.2) is 36.4 Å².